The zero-order valence-electron chi connectivity index (χ0n) is 14.4. The van der Waals surface area contributed by atoms with Crippen LogP contribution < -0.4 is 15.6 Å². The van der Waals surface area contributed by atoms with Gasteiger partial charge in [-0.15, -0.1) is 0 Å². The normalized spacial score (nSPS) is 18.2. The van der Waals surface area contributed by atoms with Gasteiger partial charge < -0.3 is 5.32 Å². The third-order valence-electron chi connectivity index (χ3n) is 4.92. The lowest BCUT2D eigenvalue weighted by atomic mass is 9.93. The first-order chi connectivity index (χ1) is 12.5. The highest BCUT2D eigenvalue weighted by Crippen LogP contribution is 2.26. The number of carbonyl (C=O) groups is 2. The summed E-state index contributed by atoms with van der Waals surface area (Å²) in [5.74, 6) is -1.81. The highest BCUT2D eigenvalue weighted by molar-refractivity contribution is 7.98. The Kier molecular flexibility index (Phi) is 6.78. The molecule has 2 fully saturated rings. The quantitative estimate of drug-likeness (QED) is 0.500. The molecule has 3 rings (SSSR count). The Hall–Kier alpha value is -1.31. The van der Waals surface area contributed by atoms with Crippen molar-refractivity contribution >= 4 is 35.4 Å². The van der Waals surface area contributed by atoms with Gasteiger partial charge in [0.15, 0.2) is 5.82 Å². The first kappa shape index (κ1) is 19.5. The van der Waals surface area contributed by atoms with Crippen LogP contribution in [0.25, 0.3) is 0 Å². The van der Waals surface area contributed by atoms with Crippen molar-refractivity contribution in [2.75, 3.05) is 0 Å². The van der Waals surface area contributed by atoms with E-state index in [0.29, 0.717) is 5.25 Å². The number of hydrogen-bond acceptors (Lipinski definition) is 4. The molecule has 26 heavy (non-hydrogen) atoms. The molecule has 8 heteroatoms. The standard InChI is InChI=1S/C18H23ClFN3O2S/c19-15-10-11(17(24)21-12-5-4-6-12)9-14(16(15)20)18(25)22-23-26-13-7-2-1-3-8-13/h9-10,12-13,23H,1-8H2,(H,21,24)(H,22,25). The number of rotatable bonds is 6. The van der Waals surface area contributed by atoms with Gasteiger partial charge in [0.05, 0.1) is 10.6 Å². The molecule has 0 saturated heterocycles. The summed E-state index contributed by atoms with van der Waals surface area (Å²) in [5.41, 5.74) is 2.43. The van der Waals surface area contributed by atoms with E-state index in [2.05, 4.69) is 15.6 Å². The number of benzene rings is 1. The molecule has 5 nitrogen and oxygen atoms in total. The first-order valence-electron chi connectivity index (χ1n) is 9.05. The molecule has 0 bridgehead atoms. The van der Waals surface area contributed by atoms with Crippen LogP contribution in [0, 0.1) is 5.82 Å². The van der Waals surface area contributed by atoms with E-state index in [9.17, 15) is 14.0 Å². The summed E-state index contributed by atoms with van der Waals surface area (Å²) in [6, 6.07) is 2.65. The largest absolute Gasteiger partial charge is 0.349 e. The van der Waals surface area contributed by atoms with Crippen molar-refractivity contribution in [1.29, 1.82) is 0 Å². The van der Waals surface area contributed by atoms with Crippen molar-refractivity contribution in [3.8, 4) is 0 Å². The monoisotopic (exact) mass is 399 g/mol. The summed E-state index contributed by atoms with van der Waals surface area (Å²) < 4.78 is 14.3. The second-order valence-corrected chi connectivity index (χ2v) is 8.37. The molecule has 2 aliphatic carbocycles. The molecule has 0 atom stereocenters. The Balaban J connectivity index is 1.61. The second kappa shape index (κ2) is 9.06. The number of halogens is 2. The highest BCUT2D eigenvalue weighted by atomic mass is 35.5. The molecule has 0 aromatic heterocycles. The molecule has 0 spiro atoms. The van der Waals surface area contributed by atoms with Crippen LogP contribution in [0.1, 0.15) is 72.1 Å². The summed E-state index contributed by atoms with van der Waals surface area (Å²) >= 11 is 7.33. The van der Waals surface area contributed by atoms with Gasteiger partial charge >= 0.3 is 0 Å². The molecule has 2 aliphatic rings. The van der Waals surface area contributed by atoms with Crippen molar-refractivity contribution < 1.29 is 14.0 Å². The molecule has 1 aromatic carbocycles. The predicted molar refractivity (Wildman–Crippen MR) is 102 cm³/mol. The molecule has 0 radical (unpaired) electrons. The van der Waals surface area contributed by atoms with Crippen LogP contribution in [0.4, 0.5) is 4.39 Å². The predicted octanol–water partition coefficient (Wildman–Crippen LogP) is 3.98. The minimum absolute atomic E-state index is 0.150. The SMILES string of the molecule is O=C(NC1CCC1)c1cc(Cl)c(F)c(C(=O)NNSC2CCCCC2)c1. The Labute approximate surface area is 161 Å². The van der Waals surface area contributed by atoms with Crippen LogP contribution in [-0.2, 0) is 0 Å². The Morgan fingerprint density at radius 1 is 1.04 bits per heavy atom. The van der Waals surface area contributed by atoms with Crippen molar-refractivity contribution in [3.05, 3.63) is 34.1 Å². The van der Waals surface area contributed by atoms with Gasteiger partial charge in [0.1, 0.15) is 0 Å². The van der Waals surface area contributed by atoms with Gasteiger partial charge in [-0.1, -0.05) is 42.8 Å². The van der Waals surface area contributed by atoms with Crippen LogP contribution in [0.3, 0.4) is 0 Å². The molecule has 0 aliphatic heterocycles. The van der Waals surface area contributed by atoms with Gasteiger partial charge in [0.2, 0.25) is 0 Å². The minimum Gasteiger partial charge on any atom is -0.349 e. The number of carbonyl (C=O) groups excluding carboxylic acids is 2. The van der Waals surface area contributed by atoms with Gasteiger partial charge in [-0.3, -0.25) is 15.0 Å². The van der Waals surface area contributed by atoms with Gasteiger partial charge in [0.25, 0.3) is 11.8 Å². The van der Waals surface area contributed by atoms with Crippen LogP contribution in [-0.4, -0.2) is 23.1 Å². The summed E-state index contributed by atoms with van der Waals surface area (Å²) in [6.45, 7) is 0. The second-order valence-electron chi connectivity index (χ2n) is 6.85. The molecule has 3 N–H and O–H groups in total. The molecule has 1 aromatic rings. The van der Waals surface area contributed by atoms with Crippen molar-refractivity contribution in [2.24, 2.45) is 0 Å². The van der Waals surface area contributed by atoms with Crippen LogP contribution >= 0.6 is 23.5 Å². The van der Waals surface area contributed by atoms with E-state index in [1.807, 2.05) is 0 Å². The fraction of sp³-hybridized carbons (Fsp3) is 0.556. The lowest BCUT2D eigenvalue weighted by Gasteiger charge is -2.26. The lowest BCUT2D eigenvalue weighted by molar-refractivity contribution is 0.0917. The van der Waals surface area contributed by atoms with Crippen molar-refractivity contribution in [2.45, 2.75) is 62.7 Å². The van der Waals surface area contributed by atoms with Crippen LogP contribution in [0.15, 0.2) is 12.1 Å². The number of hydrazine groups is 1. The molecule has 142 valence electrons. The molecule has 2 amide bonds. The smallest absolute Gasteiger partial charge is 0.269 e. The number of amides is 2. The van der Waals surface area contributed by atoms with Gasteiger partial charge in [-0.2, -0.15) is 4.83 Å². The zero-order chi connectivity index (χ0) is 18.5. The van der Waals surface area contributed by atoms with Crippen LogP contribution in [0.2, 0.25) is 5.02 Å². The Morgan fingerprint density at radius 2 is 1.77 bits per heavy atom. The number of nitrogens with one attached hydrogen (secondary N) is 3. The maximum absolute atomic E-state index is 14.3. The molecule has 0 heterocycles. The van der Waals surface area contributed by atoms with E-state index < -0.39 is 11.7 Å². The van der Waals surface area contributed by atoms with E-state index >= 15 is 0 Å². The molecule has 0 unspecified atom stereocenters. The van der Waals surface area contributed by atoms with E-state index in [1.165, 1.54) is 43.3 Å². The summed E-state index contributed by atoms with van der Waals surface area (Å²) in [6.07, 6.45) is 8.81. The molecular weight excluding hydrogens is 377 g/mol. The third kappa shape index (κ3) is 4.90. The lowest BCUT2D eigenvalue weighted by Crippen LogP contribution is -2.39. The summed E-state index contributed by atoms with van der Waals surface area (Å²) in [5, 5.41) is 3.06. The summed E-state index contributed by atoms with van der Waals surface area (Å²) in [4.78, 5) is 27.4. The fourth-order valence-corrected chi connectivity index (χ4v) is 4.22. The Morgan fingerprint density at radius 3 is 2.42 bits per heavy atom. The highest BCUT2D eigenvalue weighted by Gasteiger charge is 2.23. The van der Waals surface area contributed by atoms with Gasteiger partial charge in [0, 0.05) is 16.9 Å². The maximum Gasteiger partial charge on any atom is 0.269 e. The maximum atomic E-state index is 14.3. The minimum atomic E-state index is -0.825. The first-order valence-corrected chi connectivity index (χ1v) is 10.3. The number of hydrogen-bond donors (Lipinski definition) is 3. The van der Waals surface area contributed by atoms with E-state index in [-0.39, 0.29) is 28.1 Å². The van der Waals surface area contributed by atoms with E-state index in [1.54, 1.807) is 0 Å². The zero-order valence-corrected chi connectivity index (χ0v) is 16.0. The van der Waals surface area contributed by atoms with Crippen LogP contribution in [0.5, 0.6) is 0 Å². The molecule has 2 saturated carbocycles. The molecular formula is C18H23ClFN3O2S. The average molecular weight is 400 g/mol. The Bertz CT molecular complexity index is 679. The van der Waals surface area contributed by atoms with Gasteiger partial charge in [-0.25, -0.2) is 4.39 Å². The summed E-state index contributed by atoms with van der Waals surface area (Å²) in [7, 11) is 0. The topological polar surface area (TPSA) is 70.2 Å². The fourth-order valence-electron chi connectivity index (χ4n) is 3.12. The van der Waals surface area contributed by atoms with Crippen molar-refractivity contribution in [3.63, 3.8) is 0 Å². The van der Waals surface area contributed by atoms with E-state index in [4.69, 9.17) is 11.6 Å². The van der Waals surface area contributed by atoms with Crippen molar-refractivity contribution in [1.82, 2.24) is 15.6 Å². The van der Waals surface area contributed by atoms with Gasteiger partial charge in [-0.05, 0) is 44.2 Å². The average Bonchev–Trinajstić information content (AvgIpc) is 2.61. The van der Waals surface area contributed by atoms with E-state index in [0.717, 1.165) is 32.1 Å². The third-order valence-corrected chi connectivity index (χ3v) is 6.22.